The molecule has 0 heterocycles. The van der Waals surface area contributed by atoms with Crippen molar-refractivity contribution < 1.29 is 19.4 Å². The highest BCUT2D eigenvalue weighted by molar-refractivity contribution is 6.31. The highest BCUT2D eigenvalue weighted by atomic mass is 35.5. The first-order valence-electron chi connectivity index (χ1n) is 7.96. The van der Waals surface area contributed by atoms with E-state index in [1.165, 1.54) is 23.8 Å². The molecule has 0 saturated heterocycles. The van der Waals surface area contributed by atoms with Gasteiger partial charge in [-0.25, -0.2) is 4.79 Å². The lowest BCUT2D eigenvalue weighted by Gasteiger charge is -2.11. The third-order valence-electron chi connectivity index (χ3n) is 3.89. The fourth-order valence-electron chi connectivity index (χ4n) is 2.21. The molecule has 0 bridgehead atoms. The Labute approximate surface area is 151 Å². The normalized spacial score (nSPS) is 11.6. The zero-order valence-corrected chi connectivity index (χ0v) is 14.8. The number of carbonyl (C=O) groups is 2. The third kappa shape index (κ3) is 5.22. The Morgan fingerprint density at radius 3 is 2.52 bits per heavy atom. The summed E-state index contributed by atoms with van der Waals surface area (Å²) in [4.78, 5) is 23.8. The molecule has 2 N–H and O–H groups in total. The Balaban J connectivity index is 1.90. The molecule has 0 saturated carbocycles. The van der Waals surface area contributed by atoms with Gasteiger partial charge in [0, 0.05) is 10.7 Å². The average molecular weight is 362 g/mol. The molecule has 1 amide bonds. The summed E-state index contributed by atoms with van der Waals surface area (Å²) < 4.78 is 4.91. The lowest BCUT2D eigenvalue weighted by atomic mass is 9.99. The van der Waals surface area contributed by atoms with E-state index < -0.39 is 18.5 Å². The molecule has 0 radical (unpaired) electrons. The second-order valence-corrected chi connectivity index (χ2v) is 6.15. The Hall–Kier alpha value is -2.53. The molecule has 6 heteroatoms. The van der Waals surface area contributed by atoms with Crippen molar-refractivity contribution in [3.8, 4) is 5.75 Å². The summed E-state index contributed by atoms with van der Waals surface area (Å²) in [6.07, 6.45) is 1.04. The van der Waals surface area contributed by atoms with Crippen LogP contribution in [0, 0.1) is 0 Å². The van der Waals surface area contributed by atoms with Crippen molar-refractivity contribution in [3.63, 3.8) is 0 Å². The van der Waals surface area contributed by atoms with Crippen LogP contribution >= 0.6 is 11.6 Å². The van der Waals surface area contributed by atoms with Gasteiger partial charge in [-0.15, -0.1) is 0 Å². The minimum atomic E-state index is -0.817. The largest absolute Gasteiger partial charge is 0.507 e. The topological polar surface area (TPSA) is 75.6 Å². The van der Waals surface area contributed by atoms with Gasteiger partial charge in [-0.2, -0.15) is 0 Å². The van der Waals surface area contributed by atoms with Gasteiger partial charge in [-0.3, -0.25) is 4.79 Å². The first-order valence-corrected chi connectivity index (χ1v) is 8.34. The van der Waals surface area contributed by atoms with Crippen molar-refractivity contribution in [2.24, 2.45) is 0 Å². The second-order valence-electron chi connectivity index (χ2n) is 5.72. The van der Waals surface area contributed by atoms with E-state index in [1.807, 2.05) is 24.3 Å². The Kier molecular flexibility index (Phi) is 6.42. The van der Waals surface area contributed by atoms with Gasteiger partial charge >= 0.3 is 5.97 Å². The van der Waals surface area contributed by atoms with Crippen LogP contribution in [0.25, 0.3) is 0 Å². The van der Waals surface area contributed by atoms with Crippen molar-refractivity contribution in [2.75, 3.05) is 11.9 Å². The van der Waals surface area contributed by atoms with Gasteiger partial charge in [-0.1, -0.05) is 37.6 Å². The molecule has 0 aliphatic rings. The van der Waals surface area contributed by atoms with Gasteiger partial charge in [0.1, 0.15) is 11.3 Å². The highest BCUT2D eigenvalue weighted by Crippen LogP contribution is 2.22. The number of halogens is 1. The molecular formula is C19H20ClNO4. The fraction of sp³-hybridized carbons (Fsp3) is 0.263. The third-order valence-corrected chi connectivity index (χ3v) is 4.12. The molecule has 0 aromatic heterocycles. The Bertz CT molecular complexity index is 759. The molecule has 2 aromatic rings. The predicted octanol–water partition coefficient (Wildman–Crippen LogP) is 4.35. The van der Waals surface area contributed by atoms with E-state index in [0.29, 0.717) is 11.6 Å². The number of benzene rings is 2. The monoisotopic (exact) mass is 361 g/mol. The van der Waals surface area contributed by atoms with Crippen molar-refractivity contribution in [2.45, 2.75) is 26.2 Å². The molecular weight excluding hydrogens is 342 g/mol. The van der Waals surface area contributed by atoms with Crippen LogP contribution in [0.3, 0.4) is 0 Å². The molecule has 0 spiro atoms. The van der Waals surface area contributed by atoms with Gasteiger partial charge in [-0.05, 0) is 48.2 Å². The first kappa shape index (κ1) is 18.8. The van der Waals surface area contributed by atoms with Gasteiger partial charge < -0.3 is 15.2 Å². The second kappa shape index (κ2) is 8.53. The summed E-state index contributed by atoms with van der Waals surface area (Å²) in [5.41, 5.74) is 1.74. The molecule has 2 rings (SSSR count). The standard InChI is InChI=1S/C19H20ClNO4/c1-3-12(2)13-4-7-15(8-5-13)21-18(23)11-25-19(24)16-10-14(20)6-9-17(16)22/h4-10,12,22H,3,11H2,1-2H3,(H,21,23)/t12-/m0/s1. The van der Waals surface area contributed by atoms with Crippen LogP contribution in [0.4, 0.5) is 5.69 Å². The van der Waals surface area contributed by atoms with E-state index in [9.17, 15) is 14.7 Å². The number of phenolic OH excluding ortho intramolecular Hbond substituents is 1. The molecule has 5 nitrogen and oxygen atoms in total. The molecule has 25 heavy (non-hydrogen) atoms. The van der Waals surface area contributed by atoms with E-state index in [0.717, 1.165) is 6.42 Å². The molecule has 2 aromatic carbocycles. The number of hydrogen-bond acceptors (Lipinski definition) is 4. The van der Waals surface area contributed by atoms with Crippen molar-refractivity contribution in [1.82, 2.24) is 0 Å². The number of anilines is 1. The smallest absolute Gasteiger partial charge is 0.342 e. The van der Waals surface area contributed by atoms with E-state index in [2.05, 4.69) is 19.2 Å². The van der Waals surface area contributed by atoms with Crippen LogP contribution in [0.1, 0.15) is 42.1 Å². The number of amides is 1. The number of phenols is 1. The summed E-state index contributed by atoms with van der Waals surface area (Å²) in [5.74, 6) is -1.08. The van der Waals surface area contributed by atoms with Gasteiger partial charge in [0.15, 0.2) is 6.61 Å². The maximum Gasteiger partial charge on any atom is 0.342 e. The number of ether oxygens (including phenoxy) is 1. The summed E-state index contributed by atoms with van der Waals surface area (Å²) in [5, 5.41) is 12.6. The molecule has 0 unspecified atom stereocenters. The molecule has 0 aliphatic carbocycles. The van der Waals surface area contributed by atoms with E-state index in [1.54, 1.807) is 0 Å². The molecule has 0 fully saturated rings. The SMILES string of the molecule is CC[C@H](C)c1ccc(NC(=O)COC(=O)c2cc(Cl)ccc2O)cc1. The lowest BCUT2D eigenvalue weighted by Crippen LogP contribution is -2.21. The molecule has 0 aliphatic heterocycles. The first-order chi connectivity index (χ1) is 11.9. The average Bonchev–Trinajstić information content (AvgIpc) is 2.61. The molecule has 1 atom stereocenters. The van der Waals surface area contributed by atoms with Crippen LogP contribution in [-0.2, 0) is 9.53 Å². The minimum Gasteiger partial charge on any atom is -0.507 e. The zero-order valence-electron chi connectivity index (χ0n) is 14.1. The van der Waals surface area contributed by atoms with Crippen molar-refractivity contribution in [1.29, 1.82) is 0 Å². The van der Waals surface area contributed by atoms with E-state index in [-0.39, 0.29) is 16.3 Å². The van der Waals surface area contributed by atoms with Crippen LogP contribution in [0.5, 0.6) is 5.75 Å². The Morgan fingerprint density at radius 2 is 1.88 bits per heavy atom. The lowest BCUT2D eigenvalue weighted by molar-refractivity contribution is -0.119. The minimum absolute atomic E-state index is 0.0850. The fourth-order valence-corrected chi connectivity index (χ4v) is 2.38. The summed E-state index contributed by atoms with van der Waals surface area (Å²) in [7, 11) is 0. The number of rotatable bonds is 6. The van der Waals surface area contributed by atoms with Crippen molar-refractivity contribution in [3.05, 3.63) is 58.6 Å². The number of esters is 1. The number of hydrogen-bond donors (Lipinski definition) is 2. The summed E-state index contributed by atoms with van der Waals surface area (Å²) in [6, 6.07) is 11.6. The maximum absolute atomic E-state index is 11.9. The zero-order chi connectivity index (χ0) is 18.4. The van der Waals surface area contributed by atoms with Crippen LogP contribution in [0.2, 0.25) is 5.02 Å². The molecule has 132 valence electrons. The quantitative estimate of drug-likeness (QED) is 0.750. The van der Waals surface area contributed by atoms with Crippen LogP contribution in [0.15, 0.2) is 42.5 Å². The number of aromatic hydroxyl groups is 1. The van der Waals surface area contributed by atoms with Gasteiger partial charge in [0.05, 0.1) is 0 Å². The summed E-state index contributed by atoms with van der Waals surface area (Å²) >= 11 is 5.78. The number of nitrogens with one attached hydrogen (secondary N) is 1. The van der Waals surface area contributed by atoms with Crippen molar-refractivity contribution >= 4 is 29.2 Å². The highest BCUT2D eigenvalue weighted by Gasteiger charge is 2.15. The summed E-state index contributed by atoms with van der Waals surface area (Å²) in [6.45, 7) is 3.79. The van der Waals surface area contributed by atoms with Gasteiger partial charge in [0.25, 0.3) is 5.91 Å². The van der Waals surface area contributed by atoms with E-state index in [4.69, 9.17) is 16.3 Å². The maximum atomic E-state index is 11.9. The van der Waals surface area contributed by atoms with Gasteiger partial charge in [0.2, 0.25) is 0 Å². The van der Waals surface area contributed by atoms with Crippen LogP contribution in [-0.4, -0.2) is 23.6 Å². The van der Waals surface area contributed by atoms with Crippen LogP contribution < -0.4 is 5.32 Å². The Morgan fingerprint density at radius 1 is 1.20 bits per heavy atom. The van der Waals surface area contributed by atoms with E-state index >= 15 is 0 Å². The number of carbonyl (C=O) groups excluding carboxylic acids is 2. The predicted molar refractivity (Wildman–Crippen MR) is 97.2 cm³/mol.